The van der Waals surface area contributed by atoms with E-state index in [2.05, 4.69) is 5.32 Å². The molecule has 0 heterocycles. The summed E-state index contributed by atoms with van der Waals surface area (Å²) in [5.41, 5.74) is 0.946. The van der Waals surface area contributed by atoms with Crippen molar-refractivity contribution in [1.82, 2.24) is 4.90 Å². The number of rotatable bonds is 10. The Balaban J connectivity index is 1.53. The standard InChI is InChI=1S/C22H25N3O6/c1-15-13-16(7-10-18(15)25(28)29)23-21(26)11-12-24(17-8-9-17)22(27)14-31-20-6-4-3-5-19(20)30-2/h3-7,10,13,17H,8-9,11-12,14H2,1-2H3,(H,23,26). The topological polar surface area (TPSA) is 111 Å². The summed E-state index contributed by atoms with van der Waals surface area (Å²) in [6.07, 6.45) is 1.93. The first kappa shape index (κ1) is 22.1. The van der Waals surface area contributed by atoms with E-state index in [1.54, 1.807) is 36.1 Å². The Bertz CT molecular complexity index is 973. The summed E-state index contributed by atoms with van der Waals surface area (Å²) in [4.78, 5) is 37.1. The van der Waals surface area contributed by atoms with Gasteiger partial charge < -0.3 is 19.7 Å². The largest absolute Gasteiger partial charge is 0.493 e. The van der Waals surface area contributed by atoms with Crippen LogP contribution in [0.4, 0.5) is 11.4 Å². The number of benzene rings is 2. The van der Waals surface area contributed by atoms with Crippen LogP contribution in [-0.2, 0) is 9.59 Å². The molecule has 31 heavy (non-hydrogen) atoms. The van der Waals surface area contributed by atoms with Crippen molar-refractivity contribution < 1.29 is 24.0 Å². The fraction of sp³-hybridized carbons (Fsp3) is 0.364. The van der Waals surface area contributed by atoms with E-state index in [4.69, 9.17) is 9.47 Å². The number of nitro groups is 1. The van der Waals surface area contributed by atoms with Crippen LogP contribution in [0.25, 0.3) is 0 Å². The predicted octanol–water partition coefficient (Wildman–Crippen LogP) is 3.31. The molecular formula is C22H25N3O6. The van der Waals surface area contributed by atoms with Gasteiger partial charge in [-0.2, -0.15) is 0 Å². The van der Waals surface area contributed by atoms with E-state index < -0.39 is 4.92 Å². The number of hydrogen-bond donors (Lipinski definition) is 1. The third-order valence-corrected chi connectivity index (χ3v) is 4.99. The maximum Gasteiger partial charge on any atom is 0.272 e. The molecule has 1 saturated carbocycles. The molecule has 1 fully saturated rings. The third kappa shape index (κ3) is 5.94. The summed E-state index contributed by atoms with van der Waals surface area (Å²) in [7, 11) is 1.53. The number of nitro benzene ring substituents is 1. The molecule has 1 aliphatic rings. The van der Waals surface area contributed by atoms with Gasteiger partial charge in [0, 0.05) is 36.3 Å². The molecule has 2 amide bonds. The second-order valence-corrected chi connectivity index (χ2v) is 7.31. The fourth-order valence-electron chi connectivity index (χ4n) is 3.24. The molecule has 0 atom stereocenters. The molecule has 3 rings (SSSR count). The molecule has 164 valence electrons. The molecule has 9 nitrogen and oxygen atoms in total. The average Bonchev–Trinajstić information content (AvgIpc) is 3.57. The van der Waals surface area contributed by atoms with Gasteiger partial charge in [0.2, 0.25) is 5.91 Å². The third-order valence-electron chi connectivity index (χ3n) is 4.99. The first-order valence-corrected chi connectivity index (χ1v) is 9.99. The Kier molecular flexibility index (Phi) is 7.07. The number of aryl methyl sites for hydroxylation is 1. The maximum absolute atomic E-state index is 12.7. The average molecular weight is 427 g/mol. The molecule has 2 aromatic rings. The lowest BCUT2D eigenvalue weighted by molar-refractivity contribution is -0.385. The Morgan fingerprint density at radius 3 is 2.52 bits per heavy atom. The van der Waals surface area contributed by atoms with Crippen LogP contribution < -0.4 is 14.8 Å². The number of anilines is 1. The summed E-state index contributed by atoms with van der Waals surface area (Å²) in [6, 6.07) is 11.6. The minimum Gasteiger partial charge on any atom is -0.493 e. The zero-order valence-corrected chi connectivity index (χ0v) is 17.5. The number of hydrogen-bond acceptors (Lipinski definition) is 6. The quantitative estimate of drug-likeness (QED) is 0.460. The number of ether oxygens (including phenoxy) is 2. The van der Waals surface area contributed by atoms with E-state index in [0.29, 0.717) is 22.7 Å². The van der Waals surface area contributed by atoms with Crippen LogP contribution in [0.3, 0.4) is 0 Å². The summed E-state index contributed by atoms with van der Waals surface area (Å²) < 4.78 is 10.8. The second kappa shape index (κ2) is 9.92. The number of methoxy groups -OCH3 is 1. The van der Waals surface area contributed by atoms with Gasteiger partial charge in [-0.3, -0.25) is 19.7 Å². The van der Waals surface area contributed by atoms with E-state index in [9.17, 15) is 19.7 Å². The first-order chi connectivity index (χ1) is 14.9. The first-order valence-electron chi connectivity index (χ1n) is 9.99. The Labute approximate surface area is 180 Å². The van der Waals surface area contributed by atoms with E-state index >= 15 is 0 Å². The number of nitrogens with one attached hydrogen (secondary N) is 1. The second-order valence-electron chi connectivity index (χ2n) is 7.31. The monoisotopic (exact) mass is 427 g/mol. The van der Waals surface area contributed by atoms with Crippen LogP contribution in [0.15, 0.2) is 42.5 Å². The normalized spacial score (nSPS) is 12.7. The summed E-state index contributed by atoms with van der Waals surface area (Å²) in [5, 5.41) is 13.6. The highest BCUT2D eigenvalue weighted by molar-refractivity contribution is 5.91. The smallest absolute Gasteiger partial charge is 0.272 e. The van der Waals surface area contributed by atoms with Gasteiger partial charge in [0.15, 0.2) is 18.1 Å². The van der Waals surface area contributed by atoms with Gasteiger partial charge in [-0.25, -0.2) is 0 Å². The van der Waals surface area contributed by atoms with Gasteiger partial charge in [-0.1, -0.05) is 12.1 Å². The molecule has 1 N–H and O–H groups in total. The Hall–Kier alpha value is -3.62. The van der Waals surface area contributed by atoms with Crippen molar-refractivity contribution >= 4 is 23.2 Å². The van der Waals surface area contributed by atoms with Crippen molar-refractivity contribution in [2.24, 2.45) is 0 Å². The van der Waals surface area contributed by atoms with Crippen molar-refractivity contribution in [3.05, 3.63) is 58.1 Å². The van der Waals surface area contributed by atoms with Crippen LogP contribution >= 0.6 is 0 Å². The molecule has 0 unspecified atom stereocenters. The van der Waals surface area contributed by atoms with Crippen LogP contribution in [0.5, 0.6) is 11.5 Å². The van der Waals surface area contributed by atoms with Gasteiger partial charge in [-0.05, 0) is 44.0 Å². The lowest BCUT2D eigenvalue weighted by atomic mass is 10.2. The van der Waals surface area contributed by atoms with Gasteiger partial charge in [0.25, 0.3) is 11.6 Å². The molecule has 9 heteroatoms. The number of carbonyl (C=O) groups excluding carboxylic acids is 2. The summed E-state index contributed by atoms with van der Waals surface area (Å²) in [6.45, 7) is 1.75. The van der Waals surface area contributed by atoms with Crippen molar-refractivity contribution in [3.8, 4) is 11.5 Å². The molecule has 0 radical (unpaired) electrons. The van der Waals surface area contributed by atoms with E-state index in [1.165, 1.54) is 19.2 Å². The van der Waals surface area contributed by atoms with Crippen molar-refractivity contribution in [2.45, 2.75) is 32.2 Å². The minimum absolute atomic E-state index is 0.00134. The molecule has 0 saturated heterocycles. The Morgan fingerprint density at radius 1 is 1.19 bits per heavy atom. The highest BCUT2D eigenvalue weighted by atomic mass is 16.6. The molecule has 0 spiro atoms. The number of nitrogens with zero attached hydrogens (tertiary/aromatic N) is 2. The summed E-state index contributed by atoms with van der Waals surface area (Å²) in [5.74, 6) is 0.580. The van der Waals surface area contributed by atoms with Crippen LogP contribution in [0.2, 0.25) is 0 Å². The minimum atomic E-state index is -0.465. The highest BCUT2D eigenvalue weighted by Gasteiger charge is 2.32. The SMILES string of the molecule is COc1ccccc1OCC(=O)N(CCC(=O)Nc1ccc([N+](=O)[O-])c(C)c1)C1CC1. The highest BCUT2D eigenvalue weighted by Crippen LogP contribution is 2.29. The number of amides is 2. The zero-order valence-electron chi connectivity index (χ0n) is 17.5. The van der Waals surface area contributed by atoms with Crippen molar-refractivity contribution in [1.29, 1.82) is 0 Å². The molecule has 1 aliphatic carbocycles. The molecule has 0 aromatic heterocycles. The van der Waals surface area contributed by atoms with Gasteiger partial charge in [-0.15, -0.1) is 0 Å². The van der Waals surface area contributed by atoms with E-state index in [0.717, 1.165) is 12.8 Å². The van der Waals surface area contributed by atoms with Gasteiger partial charge in [0.05, 0.1) is 12.0 Å². The molecular weight excluding hydrogens is 402 g/mol. The zero-order chi connectivity index (χ0) is 22.4. The van der Waals surface area contributed by atoms with Crippen LogP contribution in [0, 0.1) is 17.0 Å². The molecule has 0 aliphatic heterocycles. The number of para-hydroxylation sites is 2. The Morgan fingerprint density at radius 2 is 1.90 bits per heavy atom. The maximum atomic E-state index is 12.7. The lowest BCUT2D eigenvalue weighted by Gasteiger charge is -2.22. The molecule has 2 aromatic carbocycles. The van der Waals surface area contributed by atoms with Crippen LogP contribution in [-0.4, -0.2) is 47.9 Å². The van der Waals surface area contributed by atoms with Gasteiger partial charge in [0.1, 0.15) is 0 Å². The van der Waals surface area contributed by atoms with Gasteiger partial charge >= 0.3 is 0 Å². The fourth-order valence-corrected chi connectivity index (χ4v) is 3.24. The number of carbonyl (C=O) groups is 2. The predicted molar refractivity (Wildman–Crippen MR) is 114 cm³/mol. The molecule has 0 bridgehead atoms. The van der Waals surface area contributed by atoms with E-state index in [1.807, 2.05) is 6.07 Å². The van der Waals surface area contributed by atoms with E-state index in [-0.39, 0.29) is 43.1 Å². The van der Waals surface area contributed by atoms with Crippen molar-refractivity contribution in [3.63, 3.8) is 0 Å². The lowest BCUT2D eigenvalue weighted by Crippen LogP contribution is -2.38. The van der Waals surface area contributed by atoms with Crippen LogP contribution in [0.1, 0.15) is 24.8 Å². The van der Waals surface area contributed by atoms with Crippen molar-refractivity contribution in [2.75, 3.05) is 25.6 Å². The summed E-state index contributed by atoms with van der Waals surface area (Å²) >= 11 is 0.